The SMILES string of the molecule is CC[C@H]1OC(=O)[C@H](C)[C@@H](O[C@H]2C[C@](C)(F)[C@@H](OC)[C@H](C)O2)[C@H](C)[C@@H](O[C@@H]2O[C@H](C)C[C@H](N(C)C)[C@H]2OC(C)=O)[C@@H](C)[C@@H](O)C[C@@H](C)C(=O)[C@H](C)[C@@H](OC(C)=O)[C@]1(C)O. The fraction of sp³-hybridized carbons (Fsp3) is 0.905. The van der Waals surface area contributed by atoms with Gasteiger partial charge in [-0.15, -0.1) is 0 Å². The zero-order chi connectivity index (χ0) is 44.2. The molecule has 19 atom stereocenters. The number of aliphatic hydroxyl groups is 2. The molecule has 0 aliphatic carbocycles. The van der Waals surface area contributed by atoms with Crippen LogP contribution in [0.4, 0.5) is 4.39 Å². The third kappa shape index (κ3) is 11.7. The second-order valence-electron chi connectivity index (χ2n) is 17.8. The topological polar surface area (TPSA) is 186 Å². The molecule has 3 rings (SSSR count). The molecule has 0 aromatic rings. The molecular weight excluding hydrogens is 761 g/mol. The Morgan fingerprint density at radius 3 is 1.98 bits per heavy atom. The van der Waals surface area contributed by atoms with Crippen LogP contribution in [0.3, 0.4) is 0 Å². The Labute approximate surface area is 344 Å². The number of aliphatic hydroxyl groups excluding tert-OH is 1. The Bertz CT molecular complexity index is 1400. The first kappa shape index (κ1) is 50.0. The monoisotopic (exact) mass is 833 g/mol. The summed E-state index contributed by atoms with van der Waals surface area (Å²) < 4.78 is 65.1. The van der Waals surface area contributed by atoms with Crippen molar-refractivity contribution in [3.05, 3.63) is 0 Å². The number of alkyl halides is 1. The molecule has 58 heavy (non-hydrogen) atoms. The van der Waals surface area contributed by atoms with Crippen LogP contribution >= 0.6 is 0 Å². The maximum absolute atomic E-state index is 16.2. The molecule has 0 amide bonds. The molecule has 3 saturated heterocycles. The lowest BCUT2D eigenvalue weighted by Crippen LogP contribution is -2.59. The Kier molecular flexibility index (Phi) is 17.7. The van der Waals surface area contributed by atoms with Crippen LogP contribution in [0.5, 0.6) is 0 Å². The molecule has 2 N–H and O–H groups in total. The van der Waals surface area contributed by atoms with Gasteiger partial charge >= 0.3 is 17.9 Å². The minimum atomic E-state index is -2.04. The molecule has 15 nitrogen and oxygen atoms in total. The fourth-order valence-electron chi connectivity index (χ4n) is 9.30. The van der Waals surface area contributed by atoms with Crippen LogP contribution in [0.2, 0.25) is 0 Å². The van der Waals surface area contributed by atoms with Gasteiger partial charge in [0.1, 0.15) is 35.4 Å². The van der Waals surface area contributed by atoms with Crippen molar-refractivity contribution >= 4 is 23.7 Å². The van der Waals surface area contributed by atoms with Crippen LogP contribution in [-0.4, -0.2) is 145 Å². The van der Waals surface area contributed by atoms with E-state index in [-0.39, 0.29) is 31.4 Å². The van der Waals surface area contributed by atoms with Crippen molar-refractivity contribution in [2.75, 3.05) is 21.2 Å². The summed E-state index contributed by atoms with van der Waals surface area (Å²) in [5.74, 6) is -7.13. The standard InChI is InChI=1S/C42H72FNO14/c1-16-31-42(12,50)37(55-28(10)46)23(5)33(48)20(2)17-30(47)22(4)34(58-40-36(54-27(9)45)29(44(13)14)18-21(3)52-40)24(6)35(25(7)39(49)56-31)57-32-19-41(11,43)38(51-15)26(8)53-32/h20-26,29-32,34-38,40,47,50H,16-19H2,1-15H3/t20-,21-,22+,23+,24-,25-,26+,29+,30+,31-,32+,34+,35+,36-,37-,38+,40+,41+,42-/m1/s1. The van der Waals surface area contributed by atoms with Crippen LogP contribution in [0.15, 0.2) is 0 Å². The minimum absolute atomic E-state index is 0.0585. The van der Waals surface area contributed by atoms with E-state index in [0.717, 1.165) is 6.92 Å². The molecule has 16 heteroatoms. The summed E-state index contributed by atoms with van der Waals surface area (Å²) in [5, 5.41) is 24.1. The van der Waals surface area contributed by atoms with Crippen LogP contribution in [0.1, 0.15) is 109 Å². The van der Waals surface area contributed by atoms with E-state index in [2.05, 4.69) is 0 Å². The van der Waals surface area contributed by atoms with E-state index in [1.54, 1.807) is 41.5 Å². The highest BCUT2D eigenvalue weighted by Crippen LogP contribution is 2.40. The predicted octanol–water partition coefficient (Wildman–Crippen LogP) is 4.15. The van der Waals surface area contributed by atoms with E-state index >= 15 is 4.39 Å². The van der Waals surface area contributed by atoms with Gasteiger partial charge < -0.3 is 53.0 Å². The molecule has 0 unspecified atom stereocenters. The fourth-order valence-corrected chi connectivity index (χ4v) is 9.30. The molecule has 336 valence electrons. The Morgan fingerprint density at radius 2 is 1.47 bits per heavy atom. The van der Waals surface area contributed by atoms with Crippen molar-refractivity contribution in [1.82, 2.24) is 4.90 Å². The number of ketones is 1. The van der Waals surface area contributed by atoms with Gasteiger partial charge in [-0.2, -0.15) is 0 Å². The number of hydrogen-bond acceptors (Lipinski definition) is 15. The number of likely N-dealkylation sites (N-methyl/N-ethyl adjacent to an activating group) is 1. The summed E-state index contributed by atoms with van der Waals surface area (Å²) in [6.45, 7) is 18.7. The Morgan fingerprint density at radius 1 is 0.862 bits per heavy atom. The quantitative estimate of drug-likeness (QED) is 0.249. The summed E-state index contributed by atoms with van der Waals surface area (Å²) in [7, 11) is 5.12. The number of nitrogens with zero attached hydrogens (tertiary/aromatic N) is 1. The van der Waals surface area contributed by atoms with Gasteiger partial charge in [-0.3, -0.25) is 19.2 Å². The van der Waals surface area contributed by atoms with E-state index in [4.69, 9.17) is 37.9 Å². The molecule has 0 spiro atoms. The van der Waals surface area contributed by atoms with Crippen molar-refractivity contribution in [1.29, 1.82) is 0 Å². The van der Waals surface area contributed by atoms with Crippen molar-refractivity contribution in [2.24, 2.45) is 29.6 Å². The van der Waals surface area contributed by atoms with E-state index in [1.165, 1.54) is 34.8 Å². The van der Waals surface area contributed by atoms with Crippen LogP contribution < -0.4 is 0 Å². The maximum Gasteiger partial charge on any atom is 0.311 e. The average molecular weight is 834 g/mol. The van der Waals surface area contributed by atoms with Crippen molar-refractivity contribution in [3.63, 3.8) is 0 Å². The first-order valence-corrected chi connectivity index (χ1v) is 20.8. The van der Waals surface area contributed by atoms with E-state index in [1.807, 2.05) is 25.9 Å². The molecule has 3 fully saturated rings. The number of rotatable bonds is 9. The molecule has 3 aliphatic rings. The summed E-state index contributed by atoms with van der Waals surface area (Å²) in [5.41, 5.74) is -3.92. The smallest absolute Gasteiger partial charge is 0.311 e. The largest absolute Gasteiger partial charge is 0.459 e. The summed E-state index contributed by atoms with van der Waals surface area (Å²) in [6, 6.07) is -0.312. The van der Waals surface area contributed by atoms with Crippen LogP contribution in [-0.2, 0) is 57.1 Å². The average Bonchev–Trinajstić information content (AvgIpc) is 3.11. The first-order valence-electron chi connectivity index (χ1n) is 20.8. The molecule has 0 bridgehead atoms. The number of carbonyl (C=O) groups excluding carboxylic acids is 4. The lowest BCUT2D eigenvalue weighted by atomic mass is 9.77. The maximum atomic E-state index is 16.2. The summed E-state index contributed by atoms with van der Waals surface area (Å²) in [6.07, 6.45) is -10.9. The van der Waals surface area contributed by atoms with E-state index < -0.39 is 126 Å². The number of methoxy groups -OCH3 is 1. The van der Waals surface area contributed by atoms with Gasteiger partial charge in [-0.25, -0.2) is 4.39 Å². The van der Waals surface area contributed by atoms with Crippen molar-refractivity contribution in [2.45, 2.75) is 194 Å². The third-order valence-corrected chi connectivity index (χ3v) is 12.5. The number of hydrogen-bond donors (Lipinski definition) is 2. The van der Waals surface area contributed by atoms with Crippen molar-refractivity contribution < 1.29 is 71.7 Å². The number of halogens is 1. The molecule has 0 saturated carbocycles. The molecule has 0 aromatic heterocycles. The highest BCUT2D eigenvalue weighted by atomic mass is 19.1. The number of carbonyl (C=O) groups is 4. The minimum Gasteiger partial charge on any atom is -0.459 e. The molecule has 3 aliphatic heterocycles. The normalized spacial score (nSPS) is 45.1. The number of cyclic esters (lactones) is 1. The van der Waals surface area contributed by atoms with Gasteiger partial charge in [-0.1, -0.05) is 34.6 Å². The second-order valence-corrected chi connectivity index (χ2v) is 17.8. The molecule has 0 aromatic carbocycles. The van der Waals surface area contributed by atoms with Gasteiger partial charge in [0.15, 0.2) is 18.7 Å². The zero-order valence-electron chi connectivity index (χ0n) is 37.3. The number of Topliss-reactive ketones (excluding diaryl/α,β-unsaturated/α-hetero) is 1. The highest BCUT2D eigenvalue weighted by molar-refractivity contribution is 5.84. The lowest BCUT2D eigenvalue weighted by Gasteiger charge is -2.47. The van der Waals surface area contributed by atoms with E-state index in [9.17, 15) is 29.4 Å². The van der Waals surface area contributed by atoms with Gasteiger partial charge in [0, 0.05) is 45.1 Å². The van der Waals surface area contributed by atoms with Gasteiger partial charge in [0.2, 0.25) is 0 Å². The third-order valence-electron chi connectivity index (χ3n) is 12.5. The van der Waals surface area contributed by atoms with Crippen LogP contribution in [0.25, 0.3) is 0 Å². The van der Waals surface area contributed by atoms with Gasteiger partial charge in [0.25, 0.3) is 0 Å². The Balaban J connectivity index is 2.25. The predicted molar refractivity (Wildman–Crippen MR) is 209 cm³/mol. The zero-order valence-corrected chi connectivity index (χ0v) is 37.3. The first-order chi connectivity index (χ1) is 26.8. The highest BCUT2D eigenvalue weighted by Gasteiger charge is 2.53. The summed E-state index contributed by atoms with van der Waals surface area (Å²) in [4.78, 5) is 55.3. The lowest BCUT2D eigenvalue weighted by molar-refractivity contribution is -0.305. The molecular formula is C42H72FNO14. The Hall–Kier alpha value is -2.31. The van der Waals surface area contributed by atoms with Gasteiger partial charge in [0.05, 0.1) is 48.4 Å². The summed E-state index contributed by atoms with van der Waals surface area (Å²) >= 11 is 0. The molecule has 3 heterocycles. The molecule has 0 radical (unpaired) electrons. The second kappa shape index (κ2) is 20.5. The number of esters is 3. The van der Waals surface area contributed by atoms with Gasteiger partial charge in [-0.05, 0) is 68.0 Å². The van der Waals surface area contributed by atoms with Crippen molar-refractivity contribution in [3.8, 4) is 0 Å². The van der Waals surface area contributed by atoms with Crippen LogP contribution in [0, 0.1) is 29.6 Å². The number of ether oxygens (including phenoxy) is 8. The van der Waals surface area contributed by atoms with E-state index in [0.29, 0.717) is 6.42 Å².